The van der Waals surface area contributed by atoms with E-state index in [1.165, 1.54) is 19.1 Å². The van der Waals surface area contributed by atoms with Gasteiger partial charge in [-0.25, -0.2) is 0 Å². The zero-order valence-electron chi connectivity index (χ0n) is 12.8. The van der Waals surface area contributed by atoms with E-state index in [1.54, 1.807) is 0 Å². The lowest BCUT2D eigenvalue weighted by molar-refractivity contribution is -0.385. The van der Waals surface area contributed by atoms with Crippen molar-refractivity contribution in [3.05, 3.63) is 33.9 Å². The number of nitro groups is 1. The summed E-state index contributed by atoms with van der Waals surface area (Å²) in [6.45, 7) is 10.0. The van der Waals surface area contributed by atoms with E-state index in [0.717, 1.165) is 6.07 Å². The molecule has 0 saturated carbocycles. The third-order valence-electron chi connectivity index (χ3n) is 2.33. The second-order valence-corrected chi connectivity index (χ2v) is 6.55. The molecule has 0 saturated heterocycles. The van der Waals surface area contributed by atoms with Crippen molar-refractivity contribution in [3.63, 3.8) is 0 Å². The van der Waals surface area contributed by atoms with E-state index in [1.807, 2.05) is 0 Å². The maximum Gasteiger partial charge on any atom is 0.295 e. The van der Waals surface area contributed by atoms with Crippen LogP contribution in [0.25, 0.3) is 0 Å². The fourth-order valence-corrected chi connectivity index (χ4v) is 2.39. The lowest BCUT2D eigenvalue weighted by Gasteiger charge is -2.10. The molecular weight excluding hydrogens is 296 g/mol. The van der Waals surface area contributed by atoms with Gasteiger partial charge >= 0.3 is 0 Å². The Morgan fingerprint density at radius 1 is 1.19 bits per heavy atom. The molecule has 0 aliphatic rings. The molecule has 0 heterocycles. The first-order valence-corrected chi connectivity index (χ1v) is 7.87. The zero-order valence-corrected chi connectivity index (χ0v) is 13.6. The largest absolute Gasteiger partial charge is 0.312 e. The van der Waals surface area contributed by atoms with Crippen LogP contribution in [0.15, 0.2) is 23.1 Å². The number of rotatable bonds is 4. The van der Waals surface area contributed by atoms with E-state index in [-0.39, 0.29) is 11.3 Å². The van der Waals surface area contributed by atoms with Gasteiger partial charge in [0.2, 0.25) is 0 Å². The van der Waals surface area contributed by atoms with Gasteiger partial charge in [0.05, 0.1) is 4.92 Å². The van der Waals surface area contributed by atoms with Crippen LogP contribution in [0.4, 0.5) is 5.69 Å². The van der Waals surface area contributed by atoms with Crippen LogP contribution in [0.2, 0.25) is 0 Å². The van der Waals surface area contributed by atoms with Gasteiger partial charge in [0.25, 0.3) is 15.8 Å². The molecule has 0 amide bonds. The number of nitrogens with zero attached hydrogens (tertiary/aromatic N) is 1. The molecule has 2 N–H and O–H groups in total. The summed E-state index contributed by atoms with van der Waals surface area (Å²) in [5.41, 5.74) is -0.110. The SMILES string of the molecule is CC(C)NC(C)C.Cc1ccc([N+](=O)[O-])cc1S(=O)(=O)O. The first-order chi connectivity index (χ1) is 9.45. The molecule has 0 aliphatic heterocycles. The van der Waals surface area contributed by atoms with Crippen LogP contribution >= 0.6 is 0 Å². The number of hydrogen-bond acceptors (Lipinski definition) is 5. The van der Waals surface area contributed by atoms with Gasteiger partial charge in [-0.2, -0.15) is 8.42 Å². The van der Waals surface area contributed by atoms with Crippen molar-refractivity contribution in [1.29, 1.82) is 0 Å². The minimum atomic E-state index is -4.39. The molecule has 0 radical (unpaired) electrons. The Labute approximate surface area is 125 Å². The molecule has 7 nitrogen and oxygen atoms in total. The van der Waals surface area contributed by atoms with E-state index in [9.17, 15) is 18.5 Å². The average Bonchev–Trinajstić information content (AvgIpc) is 2.26. The summed E-state index contributed by atoms with van der Waals surface area (Å²) in [7, 11) is -4.39. The van der Waals surface area contributed by atoms with Crippen LogP contribution in [-0.4, -0.2) is 30.0 Å². The highest BCUT2D eigenvalue weighted by molar-refractivity contribution is 7.85. The van der Waals surface area contributed by atoms with Gasteiger partial charge in [-0.3, -0.25) is 14.7 Å². The van der Waals surface area contributed by atoms with Crippen molar-refractivity contribution in [2.24, 2.45) is 0 Å². The Balaban J connectivity index is 0.000000486. The van der Waals surface area contributed by atoms with Crippen LogP contribution in [0.3, 0.4) is 0 Å². The van der Waals surface area contributed by atoms with Gasteiger partial charge in [-0.05, 0) is 12.5 Å². The van der Waals surface area contributed by atoms with E-state index in [0.29, 0.717) is 12.1 Å². The maximum absolute atomic E-state index is 10.8. The molecular formula is C13H22N2O5S. The molecule has 21 heavy (non-hydrogen) atoms. The summed E-state index contributed by atoms with van der Waals surface area (Å²) in [6.07, 6.45) is 0. The molecule has 8 heteroatoms. The third-order valence-corrected chi connectivity index (χ3v) is 3.32. The van der Waals surface area contributed by atoms with Crippen LogP contribution in [0, 0.1) is 17.0 Å². The van der Waals surface area contributed by atoms with Gasteiger partial charge in [-0.1, -0.05) is 33.8 Å². The highest BCUT2D eigenvalue weighted by Gasteiger charge is 2.17. The summed E-state index contributed by atoms with van der Waals surface area (Å²) in [4.78, 5) is 9.15. The van der Waals surface area contributed by atoms with Crippen molar-refractivity contribution in [2.45, 2.75) is 51.6 Å². The fraction of sp³-hybridized carbons (Fsp3) is 0.538. The summed E-state index contributed by atoms with van der Waals surface area (Å²) in [5, 5.41) is 13.6. The van der Waals surface area contributed by atoms with Crippen LogP contribution in [0.5, 0.6) is 0 Å². The highest BCUT2D eigenvalue weighted by atomic mass is 32.2. The van der Waals surface area contributed by atoms with Crippen molar-refractivity contribution in [3.8, 4) is 0 Å². The summed E-state index contributed by atoms with van der Waals surface area (Å²) >= 11 is 0. The number of benzene rings is 1. The zero-order chi connectivity index (χ0) is 16.8. The standard InChI is InChI=1S/C7H7NO5S.C6H15N/c1-5-2-3-6(8(9)10)4-7(5)14(11,12)13;1-5(2)7-6(3)4/h2-4H,1H3,(H,11,12,13);5-7H,1-4H3. The van der Waals surface area contributed by atoms with Gasteiger partial charge in [0.15, 0.2) is 0 Å². The minimum Gasteiger partial charge on any atom is -0.312 e. The molecule has 0 spiro atoms. The van der Waals surface area contributed by atoms with Gasteiger partial charge in [-0.15, -0.1) is 0 Å². The molecule has 0 aliphatic carbocycles. The summed E-state index contributed by atoms with van der Waals surface area (Å²) in [6, 6.07) is 4.51. The molecule has 1 aromatic rings. The number of hydrogen-bond donors (Lipinski definition) is 2. The van der Waals surface area contributed by atoms with E-state index >= 15 is 0 Å². The monoisotopic (exact) mass is 318 g/mol. The summed E-state index contributed by atoms with van der Waals surface area (Å²) < 4.78 is 30.2. The Morgan fingerprint density at radius 3 is 1.95 bits per heavy atom. The first-order valence-electron chi connectivity index (χ1n) is 6.43. The van der Waals surface area contributed by atoms with Crippen molar-refractivity contribution >= 4 is 15.8 Å². The molecule has 120 valence electrons. The molecule has 0 unspecified atom stereocenters. The van der Waals surface area contributed by atoms with Crippen LogP contribution < -0.4 is 5.32 Å². The third kappa shape index (κ3) is 7.74. The van der Waals surface area contributed by atoms with E-state index < -0.39 is 19.9 Å². The van der Waals surface area contributed by atoms with Gasteiger partial charge < -0.3 is 5.32 Å². The second kappa shape index (κ2) is 8.06. The Hall–Kier alpha value is -1.51. The normalized spacial score (nSPS) is 11.2. The fourth-order valence-electron chi connectivity index (χ4n) is 1.65. The molecule has 1 rings (SSSR count). The summed E-state index contributed by atoms with van der Waals surface area (Å²) in [5.74, 6) is 0. The van der Waals surface area contributed by atoms with Crippen molar-refractivity contribution in [2.75, 3.05) is 0 Å². The lowest BCUT2D eigenvalue weighted by Crippen LogP contribution is -2.29. The lowest BCUT2D eigenvalue weighted by atomic mass is 10.2. The quantitative estimate of drug-likeness (QED) is 0.501. The molecule has 1 aromatic carbocycles. The van der Waals surface area contributed by atoms with E-state index in [2.05, 4.69) is 33.0 Å². The Morgan fingerprint density at radius 2 is 1.67 bits per heavy atom. The average molecular weight is 318 g/mol. The predicted octanol–water partition coefficient (Wildman–Crippen LogP) is 2.54. The van der Waals surface area contributed by atoms with Crippen molar-refractivity contribution < 1.29 is 17.9 Å². The topological polar surface area (TPSA) is 110 Å². The number of nitrogens with one attached hydrogen (secondary N) is 1. The highest BCUT2D eigenvalue weighted by Crippen LogP contribution is 2.20. The number of non-ortho nitro benzene ring substituents is 1. The second-order valence-electron chi connectivity index (χ2n) is 5.16. The van der Waals surface area contributed by atoms with Gasteiger partial charge in [0, 0.05) is 24.2 Å². The number of aryl methyl sites for hydroxylation is 1. The molecule has 0 atom stereocenters. The molecule has 0 fully saturated rings. The number of nitro benzene ring substituents is 1. The molecule has 0 bridgehead atoms. The van der Waals surface area contributed by atoms with Crippen LogP contribution in [0.1, 0.15) is 33.3 Å². The van der Waals surface area contributed by atoms with Gasteiger partial charge in [0.1, 0.15) is 4.90 Å². The Kier molecular flexibility index (Phi) is 7.48. The predicted molar refractivity (Wildman–Crippen MR) is 81.1 cm³/mol. The van der Waals surface area contributed by atoms with Crippen molar-refractivity contribution in [1.82, 2.24) is 5.32 Å². The minimum absolute atomic E-state index is 0.262. The van der Waals surface area contributed by atoms with Crippen LogP contribution in [-0.2, 0) is 10.1 Å². The Bertz CT molecular complexity index is 576. The van der Waals surface area contributed by atoms with E-state index in [4.69, 9.17) is 4.55 Å². The molecule has 0 aromatic heterocycles. The first kappa shape index (κ1) is 19.5. The smallest absolute Gasteiger partial charge is 0.295 e. The maximum atomic E-state index is 10.8.